The van der Waals surface area contributed by atoms with Crippen LogP contribution in [0.3, 0.4) is 0 Å². The van der Waals surface area contributed by atoms with Gasteiger partial charge in [0.1, 0.15) is 11.5 Å². The van der Waals surface area contributed by atoms with Crippen LogP contribution in [0.5, 0.6) is 11.5 Å². The summed E-state index contributed by atoms with van der Waals surface area (Å²) < 4.78 is 23.5. The Balaban J connectivity index is 1.90. The summed E-state index contributed by atoms with van der Waals surface area (Å²) in [4.78, 5) is 24.0. The molecule has 6 heteroatoms. The van der Waals surface area contributed by atoms with Crippen LogP contribution in [0.15, 0.2) is 98.1 Å². The first-order chi connectivity index (χ1) is 21.8. The second kappa shape index (κ2) is 13.3. The van der Waals surface area contributed by atoms with E-state index in [9.17, 15) is 9.59 Å². The van der Waals surface area contributed by atoms with Gasteiger partial charge in [0.25, 0.3) is 0 Å². The van der Waals surface area contributed by atoms with E-state index in [4.69, 9.17) is 18.9 Å². The van der Waals surface area contributed by atoms with Crippen molar-refractivity contribution < 1.29 is 28.5 Å². The topological polar surface area (TPSA) is 71.1 Å². The molecule has 0 saturated carbocycles. The van der Waals surface area contributed by atoms with Crippen LogP contribution in [0.25, 0.3) is 11.1 Å². The number of rotatable bonds is 12. The minimum absolute atomic E-state index is 0.275. The summed E-state index contributed by atoms with van der Waals surface area (Å²) in [5.74, 6) is 0.154. The first-order valence-corrected chi connectivity index (χ1v) is 15.1. The predicted octanol–water partition coefficient (Wildman–Crippen LogP) is 7.92. The zero-order valence-corrected chi connectivity index (χ0v) is 26.3. The van der Waals surface area contributed by atoms with Crippen LogP contribution in [0.2, 0.25) is 0 Å². The van der Waals surface area contributed by atoms with E-state index in [1.165, 1.54) is 0 Å². The third-order valence-electron chi connectivity index (χ3n) is 8.60. The van der Waals surface area contributed by atoms with Gasteiger partial charge >= 0.3 is 11.9 Å². The van der Waals surface area contributed by atoms with Gasteiger partial charge in [0, 0.05) is 23.3 Å². The first kappa shape index (κ1) is 31.3. The Morgan fingerprint density at radius 3 is 1.40 bits per heavy atom. The summed E-state index contributed by atoms with van der Waals surface area (Å²) in [6, 6.07) is 25.2. The molecule has 4 aromatic carbocycles. The number of carbonyl (C=O) groups excluding carboxylic acids is 2. The Morgan fingerprint density at radius 2 is 1.02 bits per heavy atom. The third-order valence-corrected chi connectivity index (χ3v) is 8.60. The predicted molar refractivity (Wildman–Crippen MR) is 176 cm³/mol. The van der Waals surface area contributed by atoms with E-state index in [0.717, 1.165) is 67.8 Å². The minimum Gasteiger partial charge on any atom is -0.457 e. The molecule has 1 aliphatic rings. The molecule has 5 rings (SSSR count). The molecule has 0 bridgehead atoms. The second-order valence-electron chi connectivity index (χ2n) is 10.9. The molecule has 0 heterocycles. The van der Waals surface area contributed by atoms with Crippen molar-refractivity contribution in [2.45, 2.75) is 46.0 Å². The number of aryl methyl sites for hydroxylation is 2. The average molecular weight is 603 g/mol. The SMILES string of the molecule is C=CC(=O)OCOc1c(C2(c3ccc(C)c(CC)c3OCOC(=O)C=C)c3ccccc3-c3ccccc32)ccc(C)c1CC. The first-order valence-electron chi connectivity index (χ1n) is 15.1. The van der Waals surface area contributed by atoms with Crippen LogP contribution < -0.4 is 9.47 Å². The van der Waals surface area contributed by atoms with Gasteiger partial charge in [0.2, 0.25) is 13.6 Å². The molecule has 0 radical (unpaired) electrons. The molecular formula is C39H38O6. The van der Waals surface area contributed by atoms with Crippen LogP contribution in [0.1, 0.15) is 58.4 Å². The molecule has 0 amide bonds. The summed E-state index contributed by atoms with van der Waals surface area (Å²) in [5, 5.41) is 0. The number of esters is 2. The molecule has 0 saturated heterocycles. The van der Waals surface area contributed by atoms with Crippen LogP contribution in [0.4, 0.5) is 0 Å². The van der Waals surface area contributed by atoms with Crippen molar-refractivity contribution in [3.63, 3.8) is 0 Å². The van der Waals surface area contributed by atoms with Crippen LogP contribution >= 0.6 is 0 Å². The maximum atomic E-state index is 12.0. The van der Waals surface area contributed by atoms with E-state index in [1.54, 1.807) is 0 Å². The van der Waals surface area contributed by atoms with Gasteiger partial charge in [0.05, 0.1) is 5.41 Å². The molecule has 0 aliphatic heterocycles. The number of ether oxygens (including phenoxy) is 4. The lowest BCUT2D eigenvalue weighted by molar-refractivity contribution is -0.145. The molecule has 0 unspecified atom stereocenters. The highest BCUT2D eigenvalue weighted by Gasteiger charge is 2.50. The Kier molecular flexibility index (Phi) is 9.24. The van der Waals surface area contributed by atoms with Gasteiger partial charge in [-0.3, -0.25) is 0 Å². The highest BCUT2D eigenvalue weighted by Crippen LogP contribution is 2.60. The average Bonchev–Trinajstić information content (AvgIpc) is 3.35. The summed E-state index contributed by atoms with van der Waals surface area (Å²) in [6.07, 6.45) is 3.62. The van der Waals surface area contributed by atoms with Crippen LogP contribution in [-0.4, -0.2) is 25.5 Å². The number of carbonyl (C=O) groups is 2. The van der Waals surface area contributed by atoms with Crippen molar-refractivity contribution in [3.05, 3.63) is 143 Å². The molecule has 4 aromatic rings. The zero-order chi connectivity index (χ0) is 32.1. The zero-order valence-electron chi connectivity index (χ0n) is 26.3. The molecule has 0 N–H and O–H groups in total. The largest absolute Gasteiger partial charge is 0.457 e. The quantitative estimate of drug-likeness (QED) is 0.0821. The van der Waals surface area contributed by atoms with Crippen molar-refractivity contribution in [1.82, 2.24) is 0 Å². The lowest BCUT2D eigenvalue weighted by Crippen LogP contribution is -2.31. The number of benzene rings is 4. The van der Waals surface area contributed by atoms with E-state index >= 15 is 0 Å². The summed E-state index contributed by atoms with van der Waals surface area (Å²) in [7, 11) is 0. The van der Waals surface area contributed by atoms with Crippen LogP contribution in [-0.2, 0) is 37.3 Å². The normalized spacial score (nSPS) is 12.4. The Hall–Kier alpha value is -5.10. The van der Waals surface area contributed by atoms with Gasteiger partial charge in [-0.2, -0.15) is 0 Å². The lowest BCUT2D eigenvalue weighted by atomic mass is 9.66. The smallest absolute Gasteiger partial charge is 0.333 e. The molecule has 45 heavy (non-hydrogen) atoms. The van der Waals surface area contributed by atoms with Crippen molar-refractivity contribution in [2.24, 2.45) is 0 Å². The number of fused-ring (bicyclic) bond motifs is 3. The molecule has 0 aromatic heterocycles. The summed E-state index contributed by atoms with van der Waals surface area (Å²) in [6.45, 7) is 14.7. The lowest BCUT2D eigenvalue weighted by Gasteiger charge is -2.37. The van der Waals surface area contributed by atoms with Gasteiger partial charge in [-0.15, -0.1) is 0 Å². The fraction of sp³-hybridized carbons (Fsp3) is 0.231. The van der Waals surface area contributed by atoms with E-state index < -0.39 is 17.4 Å². The minimum atomic E-state index is -0.905. The molecular weight excluding hydrogens is 564 g/mol. The van der Waals surface area contributed by atoms with E-state index in [2.05, 4.69) is 89.4 Å². The van der Waals surface area contributed by atoms with Crippen molar-refractivity contribution in [3.8, 4) is 22.6 Å². The molecule has 1 aliphatic carbocycles. The van der Waals surface area contributed by atoms with Crippen molar-refractivity contribution >= 4 is 11.9 Å². The second-order valence-corrected chi connectivity index (χ2v) is 10.9. The fourth-order valence-electron chi connectivity index (χ4n) is 6.62. The molecule has 0 atom stereocenters. The van der Waals surface area contributed by atoms with Crippen molar-refractivity contribution in [2.75, 3.05) is 13.6 Å². The van der Waals surface area contributed by atoms with Gasteiger partial charge in [-0.05, 0) is 71.2 Å². The highest BCUT2D eigenvalue weighted by atomic mass is 16.7. The van der Waals surface area contributed by atoms with E-state index in [0.29, 0.717) is 24.3 Å². The molecule has 0 fully saturated rings. The molecule has 6 nitrogen and oxygen atoms in total. The monoisotopic (exact) mass is 602 g/mol. The summed E-state index contributed by atoms with van der Waals surface area (Å²) in [5.41, 5.74) is 9.32. The third kappa shape index (κ3) is 5.42. The molecule has 230 valence electrons. The highest BCUT2D eigenvalue weighted by molar-refractivity contribution is 5.88. The molecule has 0 spiro atoms. The van der Waals surface area contributed by atoms with Crippen molar-refractivity contribution in [1.29, 1.82) is 0 Å². The van der Waals surface area contributed by atoms with Gasteiger partial charge in [-0.1, -0.05) is 99.8 Å². The van der Waals surface area contributed by atoms with E-state index in [-0.39, 0.29) is 13.6 Å². The Morgan fingerprint density at radius 1 is 0.622 bits per heavy atom. The summed E-state index contributed by atoms with van der Waals surface area (Å²) >= 11 is 0. The maximum Gasteiger partial charge on any atom is 0.333 e. The van der Waals surface area contributed by atoms with Gasteiger partial charge in [0.15, 0.2) is 0 Å². The van der Waals surface area contributed by atoms with Gasteiger partial charge < -0.3 is 18.9 Å². The van der Waals surface area contributed by atoms with E-state index in [1.807, 2.05) is 24.3 Å². The Labute approximate surface area is 264 Å². The Bertz CT molecular complexity index is 1650. The fourth-order valence-corrected chi connectivity index (χ4v) is 6.62. The standard InChI is InChI=1S/C39H38O6/c1-7-27-25(5)19-21-33(37(27)44-23-42-35(40)9-3)39(31-17-13-11-15-29(31)30-16-12-14-18-32(30)39)34-22-20-26(6)28(8-2)38(34)45-24-43-36(41)10-4/h9-22H,3-4,7-8,23-24H2,1-2,5-6H3. The number of hydrogen-bond donors (Lipinski definition) is 0. The maximum absolute atomic E-state index is 12.0. The number of hydrogen-bond acceptors (Lipinski definition) is 6. The van der Waals surface area contributed by atoms with Crippen LogP contribution in [0, 0.1) is 13.8 Å². The van der Waals surface area contributed by atoms with Gasteiger partial charge in [-0.25, -0.2) is 9.59 Å².